The SMILES string of the molecule is Cc1cc2cc(C(=O)c3cnn(-c4cnc(Oc5ccccc5F)cc4C)c3N)[nH]c2cc1NS(=O)(=O)c1cncc(C#N)c1. The van der Waals surface area contributed by atoms with Crippen molar-refractivity contribution in [1.29, 1.82) is 5.26 Å². The zero-order valence-corrected chi connectivity index (χ0v) is 24.6. The smallest absolute Gasteiger partial charge is 0.263 e. The summed E-state index contributed by atoms with van der Waals surface area (Å²) in [6, 6.07) is 15.6. The summed E-state index contributed by atoms with van der Waals surface area (Å²) in [4.78, 5) is 24.5. The number of ketones is 1. The molecular weight excluding hydrogens is 599 g/mol. The summed E-state index contributed by atoms with van der Waals surface area (Å²) in [5.74, 6) is -0.677. The van der Waals surface area contributed by atoms with Crippen molar-refractivity contribution in [2.24, 2.45) is 0 Å². The average Bonchev–Trinajstić information content (AvgIpc) is 3.61. The molecule has 4 heterocycles. The maximum absolute atomic E-state index is 14.0. The van der Waals surface area contributed by atoms with Gasteiger partial charge in [0.05, 0.1) is 40.6 Å². The Morgan fingerprint density at radius 1 is 1.07 bits per heavy atom. The number of halogens is 1. The second-order valence-electron chi connectivity index (χ2n) is 10.1. The van der Waals surface area contributed by atoms with Crippen LogP contribution in [0.15, 0.2) is 84.3 Å². The number of nitrogen functional groups attached to an aromatic ring is 1. The van der Waals surface area contributed by atoms with E-state index in [0.29, 0.717) is 27.7 Å². The Balaban J connectivity index is 1.26. The number of pyridine rings is 2. The van der Waals surface area contributed by atoms with Crippen LogP contribution in [0, 0.1) is 31.0 Å². The van der Waals surface area contributed by atoms with E-state index in [-0.39, 0.29) is 44.9 Å². The van der Waals surface area contributed by atoms with Crippen molar-refractivity contribution in [1.82, 2.24) is 24.7 Å². The molecule has 6 rings (SSSR count). The van der Waals surface area contributed by atoms with Crippen molar-refractivity contribution in [2.75, 3.05) is 10.5 Å². The number of nitrogens with zero attached hydrogens (tertiary/aromatic N) is 5. The molecule has 0 aliphatic heterocycles. The standard InChI is InChI=1S/C31H23FN8O4S/c1-17-7-20-10-26(38-25(20)11-24(17)39-45(42,43)21-9-19(12-33)13-35-14-21)30(41)22-15-37-40(31(22)34)27-16-36-29(8-18(27)2)44-28-6-4-3-5-23(28)32/h3-11,13-16,38-39H,34H2,1-2H3. The maximum Gasteiger partial charge on any atom is 0.263 e. The molecule has 45 heavy (non-hydrogen) atoms. The largest absolute Gasteiger partial charge is 0.436 e. The summed E-state index contributed by atoms with van der Waals surface area (Å²) in [6.07, 6.45) is 5.23. The van der Waals surface area contributed by atoms with Crippen molar-refractivity contribution >= 4 is 38.2 Å². The van der Waals surface area contributed by atoms with Crippen LogP contribution in [0.25, 0.3) is 16.6 Å². The number of ether oxygens (including phenoxy) is 1. The number of fused-ring (bicyclic) bond motifs is 1. The van der Waals surface area contributed by atoms with Gasteiger partial charge in [-0.2, -0.15) is 10.4 Å². The first-order valence-electron chi connectivity index (χ1n) is 13.3. The lowest BCUT2D eigenvalue weighted by atomic mass is 10.1. The summed E-state index contributed by atoms with van der Waals surface area (Å²) in [5, 5.41) is 14.1. The number of hydrogen-bond acceptors (Lipinski definition) is 9. The summed E-state index contributed by atoms with van der Waals surface area (Å²) in [6.45, 7) is 3.50. The molecule has 0 saturated heterocycles. The number of benzene rings is 2. The lowest BCUT2D eigenvalue weighted by molar-refractivity contribution is 0.103. The molecule has 224 valence electrons. The Labute approximate surface area is 256 Å². The number of sulfonamides is 1. The Morgan fingerprint density at radius 3 is 2.62 bits per heavy atom. The number of para-hydroxylation sites is 1. The Kier molecular flexibility index (Phi) is 7.23. The molecule has 0 aliphatic rings. The number of aryl methyl sites for hydroxylation is 2. The molecule has 0 atom stereocenters. The fourth-order valence-electron chi connectivity index (χ4n) is 4.67. The number of carbonyl (C=O) groups excluding carboxylic acids is 1. The number of nitriles is 1. The normalized spacial score (nSPS) is 11.3. The number of nitrogens with one attached hydrogen (secondary N) is 2. The van der Waals surface area contributed by atoms with Gasteiger partial charge in [0.25, 0.3) is 10.0 Å². The molecule has 0 spiro atoms. The number of aromatic amines is 1. The summed E-state index contributed by atoms with van der Waals surface area (Å²) in [7, 11) is -4.04. The van der Waals surface area contributed by atoms with Crippen LogP contribution in [0.3, 0.4) is 0 Å². The minimum absolute atomic E-state index is 0.0318. The van der Waals surface area contributed by atoms with E-state index in [0.717, 1.165) is 6.20 Å². The first kappa shape index (κ1) is 29.0. The number of aromatic nitrogens is 5. The van der Waals surface area contributed by atoms with E-state index in [4.69, 9.17) is 15.7 Å². The highest BCUT2D eigenvalue weighted by Gasteiger charge is 2.22. The Hall–Kier alpha value is -6.07. The van der Waals surface area contributed by atoms with Crippen LogP contribution in [0.1, 0.15) is 32.7 Å². The summed E-state index contributed by atoms with van der Waals surface area (Å²) in [5.41, 5.74) is 9.36. The van der Waals surface area contributed by atoms with Crippen molar-refractivity contribution in [3.8, 4) is 23.4 Å². The van der Waals surface area contributed by atoms with Gasteiger partial charge in [0, 0.05) is 29.4 Å². The van der Waals surface area contributed by atoms with Gasteiger partial charge in [-0.3, -0.25) is 14.5 Å². The molecule has 4 aromatic heterocycles. The highest BCUT2D eigenvalue weighted by Crippen LogP contribution is 2.30. The predicted octanol–water partition coefficient (Wildman–Crippen LogP) is 5.18. The monoisotopic (exact) mass is 622 g/mol. The summed E-state index contributed by atoms with van der Waals surface area (Å²) < 4.78 is 49.4. The second kappa shape index (κ2) is 11.2. The molecule has 0 saturated carbocycles. The molecule has 0 aliphatic carbocycles. The molecule has 2 aromatic carbocycles. The van der Waals surface area contributed by atoms with E-state index >= 15 is 0 Å². The third kappa shape index (κ3) is 5.55. The molecule has 12 nitrogen and oxygen atoms in total. The first-order valence-corrected chi connectivity index (χ1v) is 14.8. The molecule has 0 unspecified atom stereocenters. The van der Waals surface area contributed by atoms with Crippen LogP contribution in [0.4, 0.5) is 15.9 Å². The number of hydrogen-bond donors (Lipinski definition) is 3. The molecule has 0 bridgehead atoms. The average molecular weight is 623 g/mol. The van der Waals surface area contributed by atoms with Gasteiger partial charge in [-0.15, -0.1) is 0 Å². The van der Waals surface area contributed by atoms with Gasteiger partial charge >= 0.3 is 0 Å². The van der Waals surface area contributed by atoms with Crippen LogP contribution < -0.4 is 15.2 Å². The molecule has 0 radical (unpaired) electrons. The molecule has 0 fully saturated rings. The number of carbonyl (C=O) groups is 1. The van der Waals surface area contributed by atoms with Gasteiger partial charge in [-0.05, 0) is 61.4 Å². The topological polar surface area (TPSA) is 182 Å². The van der Waals surface area contributed by atoms with Gasteiger partial charge in [0.15, 0.2) is 11.6 Å². The number of anilines is 2. The molecular formula is C31H23FN8O4S. The van der Waals surface area contributed by atoms with Crippen molar-refractivity contribution < 1.29 is 22.3 Å². The van der Waals surface area contributed by atoms with Crippen LogP contribution in [0.5, 0.6) is 11.6 Å². The van der Waals surface area contributed by atoms with E-state index in [1.165, 1.54) is 41.5 Å². The molecule has 14 heteroatoms. The van der Waals surface area contributed by atoms with Crippen molar-refractivity contribution in [3.63, 3.8) is 0 Å². The van der Waals surface area contributed by atoms with Crippen molar-refractivity contribution in [2.45, 2.75) is 18.7 Å². The third-order valence-corrected chi connectivity index (χ3v) is 8.33. The zero-order chi connectivity index (χ0) is 31.9. The minimum atomic E-state index is -4.04. The fraction of sp³-hybridized carbons (Fsp3) is 0.0645. The van der Waals surface area contributed by atoms with Crippen LogP contribution in [-0.4, -0.2) is 38.9 Å². The second-order valence-corrected chi connectivity index (χ2v) is 11.8. The lowest BCUT2D eigenvalue weighted by Gasteiger charge is -2.11. The number of H-pyrrole nitrogens is 1. The van der Waals surface area contributed by atoms with Crippen molar-refractivity contribution in [3.05, 3.63) is 113 Å². The Bertz CT molecular complexity index is 2290. The van der Waals surface area contributed by atoms with Gasteiger partial charge in [-0.25, -0.2) is 22.5 Å². The van der Waals surface area contributed by atoms with Gasteiger partial charge in [-0.1, -0.05) is 12.1 Å². The van der Waals surface area contributed by atoms with E-state index in [9.17, 15) is 17.6 Å². The van der Waals surface area contributed by atoms with E-state index in [2.05, 4.69) is 24.8 Å². The highest BCUT2D eigenvalue weighted by atomic mass is 32.2. The minimum Gasteiger partial charge on any atom is -0.436 e. The molecule has 4 N–H and O–H groups in total. The maximum atomic E-state index is 14.0. The lowest BCUT2D eigenvalue weighted by Crippen LogP contribution is -2.14. The van der Waals surface area contributed by atoms with Gasteiger partial charge < -0.3 is 15.5 Å². The van der Waals surface area contributed by atoms with E-state index in [1.54, 1.807) is 50.2 Å². The van der Waals surface area contributed by atoms with Gasteiger partial charge in [0.2, 0.25) is 11.7 Å². The summed E-state index contributed by atoms with van der Waals surface area (Å²) >= 11 is 0. The van der Waals surface area contributed by atoms with Crippen LogP contribution in [0.2, 0.25) is 0 Å². The van der Waals surface area contributed by atoms with Crippen LogP contribution in [-0.2, 0) is 10.0 Å². The fourth-order valence-corrected chi connectivity index (χ4v) is 5.78. The van der Waals surface area contributed by atoms with E-state index < -0.39 is 21.6 Å². The first-order chi connectivity index (χ1) is 21.5. The Morgan fingerprint density at radius 2 is 1.87 bits per heavy atom. The quantitative estimate of drug-likeness (QED) is 0.193. The highest BCUT2D eigenvalue weighted by molar-refractivity contribution is 7.92. The predicted molar refractivity (Wildman–Crippen MR) is 163 cm³/mol. The van der Waals surface area contributed by atoms with E-state index in [1.807, 2.05) is 6.07 Å². The molecule has 6 aromatic rings. The third-order valence-electron chi connectivity index (χ3n) is 7.00. The number of nitrogens with two attached hydrogens (primary N) is 1. The van der Waals surface area contributed by atoms with Crippen LogP contribution >= 0.6 is 0 Å². The number of rotatable bonds is 8. The van der Waals surface area contributed by atoms with Gasteiger partial charge in [0.1, 0.15) is 16.8 Å². The molecule has 0 amide bonds. The zero-order valence-electron chi connectivity index (χ0n) is 23.7.